The molecule has 1 fully saturated rings. The zero-order valence-corrected chi connectivity index (χ0v) is 8.71. The van der Waals surface area contributed by atoms with Gasteiger partial charge >= 0.3 is 0 Å². The van der Waals surface area contributed by atoms with Crippen LogP contribution in [0.5, 0.6) is 0 Å². The van der Waals surface area contributed by atoms with E-state index in [4.69, 9.17) is 11.1 Å². The van der Waals surface area contributed by atoms with Gasteiger partial charge in [-0.1, -0.05) is 6.42 Å². The average molecular weight is 183 g/mol. The molecule has 0 saturated carbocycles. The maximum atomic E-state index is 7.20. The fourth-order valence-corrected chi connectivity index (χ4v) is 2.17. The van der Waals surface area contributed by atoms with Crippen LogP contribution in [0.1, 0.15) is 39.5 Å². The molecule has 0 aromatic carbocycles. The molecule has 1 heterocycles. The summed E-state index contributed by atoms with van der Waals surface area (Å²) in [7, 11) is 0. The zero-order chi connectivity index (χ0) is 9.84. The highest BCUT2D eigenvalue weighted by molar-refractivity contribution is 5.76. The van der Waals surface area contributed by atoms with Gasteiger partial charge < -0.3 is 5.73 Å². The summed E-state index contributed by atoms with van der Waals surface area (Å²) in [5.41, 5.74) is 5.36. The van der Waals surface area contributed by atoms with Gasteiger partial charge in [-0.05, 0) is 26.7 Å². The zero-order valence-electron chi connectivity index (χ0n) is 8.71. The van der Waals surface area contributed by atoms with E-state index in [9.17, 15) is 0 Å². The van der Waals surface area contributed by atoms with Crippen molar-refractivity contribution in [3.63, 3.8) is 0 Å². The van der Waals surface area contributed by atoms with Gasteiger partial charge in [-0.25, -0.2) is 0 Å². The lowest BCUT2D eigenvalue weighted by Crippen LogP contribution is -2.44. The van der Waals surface area contributed by atoms with Crippen molar-refractivity contribution in [2.24, 2.45) is 5.73 Å². The SMILES string of the molecule is C[C@H]1CCC[C@H](C)N1CCC(=N)N. The minimum absolute atomic E-state index is 0.310. The number of likely N-dealkylation sites (tertiary alicyclic amines) is 1. The van der Waals surface area contributed by atoms with Crippen LogP contribution in [0, 0.1) is 5.41 Å². The number of hydrogen-bond acceptors (Lipinski definition) is 2. The van der Waals surface area contributed by atoms with Gasteiger partial charge in [0.25, 0.3) is 0 Å². The van der Waals surface area contributed by atoms with Crippen LogP contribution in [0.4, 0.5) is 0 Å². The van der Waals surface area contributed by atoms with E-state index in [0.29, 0.717) is 24.3 Å². The third kappa shape index (κ3) is 2.99. The molecule has 76 valence electrons. The summed E-state index contributed by atoms with van der Waals surface area (Å²) < 4.78 is 0. The predicted molar refractivity (Wildman–Crippen MR) is 56.0 cm³/mol. The minimum atomic E-state index is 0.310. The Labute approximate surface area is 80.8 Å². The van der Waals surface area contributed by atoms with Gasteiger partial charge in [0.15, 0.2) is 0 Å². The second-order valence-corrected chi connectivity index (χ2v) is 4.14. The highest BCUT2D eigenvalue weighted by atomic mass is 15.2. The first-order chi connectivity index (χ1) is 6.11. The van der Waals surface area contributed by atoms with E-state index in [0.717, 1.165) is 6.54 Å². The lowest BCUT2D eigenvalue weighted by molar-refractivity contribution is 0.107. The van der Waals surface area contributed by atoms with Gasteiger partial charge in [0, 0.05) is 25.0 Å². The molecule has 1 aliphatic rings. The number of nitrogens with two attached hydrogens (primary N) is 1. The van der Waals surface area contributed by atoms with E-state index in [-0.39, 0.29) is 0 Å². The van der Waals surface area contributed by atoms with Crippen LogP contribution in [0.15, 0.2) is 0 Å². The molecule has 3 N–H and O–H groups in total. The topological polar surface area (TPSA) is 53.1 Å². The number of amidine groups is 1. The van der Waals surface area contributed by atoms with E-state index in [1.54, 1.807) is 0 Å². The predicted octanol–water partition coefficient (Wildman–Crippen LogP) is 1.58. The summed E-state index contributed by atoms with van der Waals surface area (Å²) >= 11 is 0. The molecule has 0 aromatic heterocycles. The van der Waals surface area contributed by atoms with Crippen molar-refractivity contribution in [1.82, 2.24) is 4.90 Å². The maximum absolute atomic E-state index is 7.20. The van der Waals surface area contributed by atoms with Crippen LogP contribution >= 0.6 is 0 Å². The van der Waals surface area contributed by atoms with Gasteiger partial charge in [0.2, 0.25) is 0 Å². The van der Waals surface area contributed by atoms with Crippen LogP contribution in [0.3, 0.4) is 0 Å². The van der Waals surface area contributed by atoms with Crippen LogP contribution in [0.25, 0.3) is 0 Å². The fourth-order valence-electron chi connectivity index (χ4n) is 2.17. The van der Waals surface area contributed by atoms with E-state index in [1.165, 1.54) is 19.3 Å². The third-order valence-electron chi connectivity index (χ3n) is 3.02. The molecule has 1 rings (SSSR count). The molecule has 2 atom stereocenters. The summed E-state index contributed by atoms with van der Waals surface area (Å²) in [4.78, 5) is 2.48. The first-order valence-electron chi connectivity index (χ1n) is 5.20. The van der Waals surface area contributed by atoms with Crippen molar-refractivity contribution < 1.29 is 0 Å². The van der Waals surface area contributed by atoms with Crippen molar-refractivity contribution in [2.45, 2.75) is 51.6 Å². The molecule has 0 bridgehead atoms. The molecular formula is C10H21N3. The third-order valence-corrected chi connectivity index (χ3v) is 3.02. The van der Waals surface area contributed by atoms with Gasteiger partial charge in [-0.15, -0.1) is 0 Å². The molecule has 1 saturated heterocycles. The van der Waals surface area contributed by atoms with Crippen molar-refractivity contribution in [3.05, 3.63) is 0 Å². The normalized spacial score (nSPS) is 30.3. The number of nitrogens with zero attached hydrogens (tertiary/aromatic N) is 1. The van der Waals surface area contributed by atoms with Crippen LogP contribution in [-0.2, 0) is 0 Å². The molecule has 13 heavy (non-hydrogen) atoms. The van der Waals surface area contributed by atoms with Crippen LogP contribution in [-0.4, -0.2) is 29.4 Å². The van der Waals surface area contributed by atoms with Crippen molar-refractivity contribution in [3.8, 4) is 0 Å². The second kappa shape index (κ2) is 4.61. The van der Waals surface area contributed by atoms with E-state index >= 15 is 0 Å². The Balaban J connectivity index is 2.39. The molecule has 1 aliphatic heterocycles. The van der Waals surface area contributed by atoms with Gasteiger partial charge in [0.1, 0.15) is 0 Å². The largest absolute Gasteiger partial charge is 0.388 e. The Morgan fingerprint density at radius 1 is 1.38 bits per heavy atom. The van der Waals surface area contributed by atoms with Gasteiger partial charge in [-0.3, -0.25) is 10.3 Å². The Bertz CT molecular complexity index is 169. The highest BCUT2D eigenvalue weighted by Crippen LogP contribution is 2.22. The smallest absolute Gasteiger partial charge is 0.0918 e. The standard InChI is InChI=1S/C10H21N3/c1-8-4-3-5-9(2)13(8)7-6-10(11)12/h8-9H,3-7H2,1-2H3,(H3,11,12)/t8-,9-/m0/s1. The van der Waals surface area contributed by atoms with E-state index in [1.807, 2.05) is 0 Å². The molecule has 3 heteroatoms. The number of rotatable bonds is 3. The monoisotopic (exact) mass is 183 g/mol. The number of hydrogen-bond donors (Lipinski definition) is 2. The second-order valence-electron chi connectivity index (χ2n) is 4.14. The van der Waals surface area contributed by atoms with Crippen molar-refractivity contribution in [2.75, 3.05) is 6.54 Å². The maximum Gasteiger partial charge on any atom is 0.0918 e. The van der Waals surface area contributed by atoms with Crippen LogP contribution < -0.4 is 5.73 Å². The summed E-state index contributed by atoms with van der Waals surface area (Å²) in [6.45, 7) is 5.50. The Kier molecular flexibility index (Phi) is 3.72. The van der Waals surface area contributed by atoms with Crippen LogP contribution in [0.2, 0.25) is 0 Å². The Morgan fingerprint density at radius 3 is 2.38 bits per heavy atom. The molecule has 0 unspecified atom stereocenters. The van der Waals surface area contributed by atoms with Gasteiger partial charge in [-0.2, -0.15) is 0 Å². The summed E-state index contributed by atoms with van der Waals surface area (Å²) in [5.74, 6) is 0.310. The average Bonchev–Trinajstić information content (AvgIpc) is 2.03. The first kappa shape index (κ1) is 10.5. The quantitative estimate of drug-likeness (QED) is 0.515. The van der Waals surface area contributed by atoms with Crippen molar-refractivity contribution in [1.29, 1.82) is 5.41 Å². The molecule has 0 spiro atoms. The number of piperidine rings is 1. The number of nitrogens with one attached hydrogen (secondary N) is 1. The molecular weight excluding hydrogens is 162 g/mol. The molecule has 0 amide bonds. The van der Waals surface area contributed by atoms with E-state index < -0.39 is 0 Å². The molecule has 0 aromatic rings. The minimum Gasteiger partial charge on any atom is -0.388 e. The summed E-state index contributed by atoms with van der Waals surface area (Å²) in [6.07, 6.45) is 4.65. The summed E-state index contributed by atoms with van der Waals surface area (Å²) in [5, 5.41) is 7.20. The summed E-state index contributed by atoms with van der Waals surface area (Å²) in [6, 6.07) is 1.34. The van der Waals surface area contributed by atoms with E-state index in [2.05, 4.69) is 18.7 Å². The molecule has 3 nitrogen and oxygen atoms in total. The highest BCUT2D eigenvalue weighted by Gasteiger charge is 2.23. The fraction of sp³-hybridized carbons (Fsp3) is 0.900. The molecule has 0 radical (unpaired) electrons. The Hall–Kier alpha value is -0.570. The Morgan fingerprint density at radius 2 is 1.92 bits per heavy atom. The lowest BCUT2D eigenvalue weighted by Gasteiger charge is -2.38. The lowest BCUT2D eigenvalue weighted by atomic mass is 9.97. The van der Waals surface area contributed by atoms with Gasteiger partial charge in [0.05, 0.1) is 5.84 Å². The van der Waals surface area contributed by atoms with Crippen molar-refractivity contribution >= 4 is 5.84 Å². The molecule has 0 aliphatic carbocycles. The first-order valence-corrected chi connectivity index (χ1v) is 5.20.